The quantitative estimate of drug-likeness (QED) is 0.863. The lowest BCUT2D eigenvalue weighted by molar-refractivity contribution is -0.122. The van der Waals surface area contributed by atoms with Gasteiger partial charge in [-0.1, -0.05) is 24.3 Å². The first-order valence-corrected chi connectivity index (χ1v) is 7.72. The summed E-state index contributed by atoms with van der Waals surface area (Å²) < 4.78 is 0. The molecule has 5 heteroatoms. The highest BCUT2D eigenvalue weighted by atomic mass is 16.3. The van der Waals surface area contributed by atoms with Gasteiger partial charge < -0.3 is 10.4 Å². The van der Waals surface area contributed by atoms with E-state index in [4.69, 9.17) is 0 Å². The fourth-order valence-corrected chi connectivity index (χ4v) is 2.92. The van der Waals surface area contributed by atoms with Gasteiger partial charge >= 0.3 is 0 Å². The molecule has 0 bridgehead atoms. The number of rotatable bonds is 5. The second kappa shape index (κ2) is 6.85. The summed E-state index contributed by atoms with van der Waals surface area (Å²) in [4.78, 5) is 18.3. The zero-order valence-corrected chi connectivity index (χ0v) is 12.5. The molecular formula is C17H21N3O2. The highest BCUT2D eigenvalue weighted by molar-refractivity contribution is 5.81. The molecule has 0 radical (unpaired) electrons. The minimum absolute atomic E-state index is 0.0160. The van der Waals surface area contributed by atoms with Crippen LogP contribution in [0.1, 0.15) is 12.0 Å². The van der Waals surface area contributed by atoms with E-state index in [-0.39, 0.29) is 12.0 Å². The predicted octanol–water partition coefficient (Wildman–Crippen LogP) is 0.960. The van der Waals surface area contributed by atoms with E-state index in [0.717, 1.165) is 35.9 Å². The smallest absolute Gasteiger partial charge is 0.234 e. The van der Waals surface area contributed by atoms with Gasteiger partial charge in [0.25, 0.3) is 0 Å². The third-order valence-electron chi connectivity index (χ3n) is 4.05. The van der Waals surface area contributed by atoms with Crippen molar-refractivity contribution < 1.29 is 9.90 Å². The summed E-state index contributed by atoms with van der Waals surface area (Å²) in [5.74, 6) is 0.0160. The van der Waals surface area contributed by atoms with Gasteiger partial charge in [0.05, 0.1) is 18.2 Å². The fourth-order valence-electron chi connectivity index (χ4n) is 2.92. The number of aromatic nitrogens is 1. The van der Waals surface area contributed by atoms with Crippen molar-refractivity contribution in [3.05, 3.63) is 42.1 Å². The number of nitrogens with zero attached hydrogens (tertiary/aromatic N) is 2. The number of hydrogen-bond donors (Lipinski definition) is 2. The number of pyridine rings is 1. The number of fused-ring (bicyclic) bond motifs is 1. The Morgan fingerprint density at radius 1 is 1.36 bits per heavy atom. The van der Waals surface area contributed by atoms with Crippen LogP contribution >= 0.6 is 0 Å². The molecular weight excluding hydrogens is 278 g/mol. The third-order valence-corrected chi connectivity index (χ3v) is 4.05. The Morgan fingerprint density at radius 2 is 2.23 bits per heavy atom. The lowest BCUT2D eigenvalue weighted by Gasteiger charge is -2.14. The second-order valence-electron chi connectivity index (χ2n) is 5.77. The van der Waals surface area contributed by atoms with Crippen molar-refractivity contribution in [1.82, 2.24) is 15.2 Å². The van der Waals surface area contributed by atoms with Crippen LogP contribution in [0.3, 0.4) is 0 Å². The normalized spacial score (nSPS) is 18.7. The van der Waals surface area contributed by atoms with Gasteiger partial charge in [0.2, 0.25) is 5.91 Å². The molecule has 0 spiro atoms. The summed E-state index contributed by atoms with van der Waals surface area (Å²) >= 11 is 0. The van der Waals surface area contributed by atoms with Crippen molar-refractivity contribution in [2.45, 2.75) is 18.9 Å². The summed E-state index contributed by atoms with van der Waals surface area (Å²) in [5, 5.41) is 13.5. The highest BCUT2D eigenvalue weighted by Gasteiger charge is 2.21. The number of carbonyl (C=O) groups is 1. The second-order valence-corrected chi connectivity index (χ2v) is 5.77. The predicted molar refractivity (Wildman–Crippen MR) is 85.5 cm³/mol. The average molecular weight is 299 g/mol. The first kappa shape index (κ1) is 14.9. The summed E-state index contributed by atoms with van der Waals surface area (Å²) in [6.07, 6.45) is 3.04. The van der Waals surface area contributed by atoms with Crippen LogP contribution < -0.4 is 5.32 Å². The molecule has 1 aromatic carbocycles. The van der Waals surface area contributed by atoms with Crippen LogP contribution in [0, 0.1) is 0 Å². The largest absolute Gasteiger partial charge is 0.392 e. The molecule has 2 N–H and O–H groups in total. The number of para-hydroxylation sites is 1. The van der Waals surface area contributed by atoms with E-state index in [1.165, 1.54) is 0 Å². The van der Waals surface area contributed by atoms with Gasteiger partial charge in [-0.3, -0.25) is 14.7 Å². The Kier molecular flexibility index (Phi) is 4.65. The van der Waals surface area contributed by atoms with Gasteiger partial charge in [-0.25, -0.2) is 0 Å². The van der Waals surface area contributed by atoms with Crippen LogP contribution in [-0.2, 0) is 11.2 Å². The fraction of sp³-hybridized carbons (Fsp3) is 0.412. The molecule has 1 aliphatic rings. The number of aliphatic hydroxyl groups is 1. The molecule has 1 atom stereocenters. The molecule has 2 heterocycles. The highest BCUT2D eigenvalue weighted by Crippen LogP contribution is 2.16. The van der Waals surface area contributed by atoms with E-state index in [1.54, 1.807) is 6.20 Å². The molecule has 3 rings (SSSR count). The molecule has 1 aliphatic heterocycles. The van der Waals surface area contributed by atoms with E-state index >= 15 is 0 Å². The van der Waals surface area contributed by atoms with Gasteiger partial charge in [-0.05, 0) is 24.5 Å². The maximum atomic E-state index is 11.9. The van der Waals surface area contributed by atoms with Gasteiger partial charge in [-0.15, -0.1) is 0 Å². The Bertz CT molecular complexity index is 654. The summed E-state index contributed by atoms with van der Waals surface area (Å²) in [7, 11) is 0. The molecule has 5 nitrogen and oxygen atoms in total. The number of β-amino-alcohol motifs (C(OH)–C–C–N with tert-alkyl or cyclic N) is 1. The van der Waals surface area contributed by atoms with Crippen molar-refractivity contribution in [3.63, 3.8) is 0 Å². The lowest BCUT2D eigenvalue weighted by atomic mass is 10.1. The molecule has 2 aromatic rings. The van der Waals surface area contributed by atoms with E-state index in [9.17, 15) is 9.90 Å². The third kappa shape index (κ3) is 3.61. The summed E-state index contributed by atoms with van der Waals surface area (Å²) in [5.41, 5.74) is 2.15. The number of aliphatic hydroxyl groups excluding tert-OH is 1. The van der Waals surface area contributed by atoms with Crippen molar-refractivity contribution in [1.29, 1.82) is 0 Å². The van der Waals surface area contributed by atoms with Gasteiger partial charge in [0.15, 0.2) is 0 Å². The number of hydrogen-bond acceptors (Lipinski definition) is 4. The summed E-state index contributed by atoms with van der Waals surface area (Å²) in [6, 6.07) is 10.1. The first-order chi connectivity index (χ1) is 10.7. The molecule has 116 valence electrons. The molecule has 22 heavy (non-hydrogen) atoms. The first-order valence-electron chi connectivity index (χ1n) is 7.72. The standard InChI is InChI=1S/C17H21N3O2/c21-15-7-10-20(11-15)12-16(22)18-9-6-14-4-1-3-13-5-2-8-19-17(13)14/h1-5,8,15,21H,6-7,9-12H2,(H,18,22)/t15-/m0/s1. The zero-order chi connectivity index (χ0) is 15.4. The molecule has 0 unspecified atom stereocenters. The number of nitrogens with one attached hydrogen (secondary N) is 1. The number of amides is 1. The summed E-state index contributed by atoms with van der Waals surface area (Å²) in [6.45, 7) is 2.36. The van der Waals surface area contributed by atoms with Crippen LogP contribution in [0.2, 0.25) is 0 Å². The van der Waals surface area contributed by atoms with Crippen molar-refractivity contribution in [2.24, 2.45) is 0 Å². The van der Waals surface area contributed by atoms with E-state index in [1.807, 2.05) is 29.2 Å². The maximum absolute atomic E-state index is 11.9. The van der Waals surface area contributed by atoms with Crippen LogP contribution in [0.15, 0.2) is 36.5 Å². The van der Waals surface area contributed by atoms with E-state index < -0.39 is 0 Å². The van der Waals surface area contributed by atoms with Gasteiger partial charge in [0, 0.05) is 31.2 Å². The zero-order valence-electron chi connectivity index (χ0n) is 12.5. The molecule has 1 saturated heterocycles. The van der Waals surface area contributed by atoms with Gasteiger partial charge in [0.1, 0.15) is 0 Å². The maximum Gasteiger partial charge on any atom is 0.234 e. The minimum atomic E-state index is -0.283. The Balaban J connectivity index is 1.51. The van der Waals surface area contributed by atoms with Crippen molar-refractivity contribution >= 4 is 16.8 Å². The monoisotopic (exact) mass is 299 g/mol. The van der Waals surface area contributed by atoms with Crippen LogP contribution in [0.25, 0.3) is 10.9 Å². The Labute approximate surface area is 130 Å². The minimum Gasteiger partial charge on any atom is -0.392 e. The van der Waals surface area contributed by atoms with Crippen molar-refractivity contribution in [3.8, 4) is 0 Å². The molecule has 0 aliphatic carbocycles. The molecule has 1 fully saturated rings. The van der Waals surface area contributed by atoms with Crippen LogP contribution in [0.5, 0.6) is 0 Å². The molecule has 1 aromatic heterocycles. The number of carbonyl (C=O) groups excluding carboxylic acids is 1. The van der Waals surface area contributed by atoms with Crippen LogP contribution in [0.4, 0.5) is 0 Å². The Morgan fingerprint density at radius 3 is 3.05 bits per heavy atom. The van der Waals surface area contributed by atoms with E-state index in [2.05, 4.69) is 16.4 Å². The SMILES string of the molecule is O=C(CN1CC[C@H](O)C1)NCCc1cccc2cccnc12. The van der Waals surface area contributed by atoms with E-state index in [0.29, 0.717) is 19.6 Å². The van der Waals surface area contributed by atoms with Gasteiger partial charge in [-0.2, -0.15) is 0 Å². The number of likely N-dealkylation sites (tertiary alicyclic amines) is 1. The molecule has 1 amide bonds. The average Bonchev–Trinajstić information content (AvgIpc) is 2.92. The van der Waals surface area contributed by atoms with Crippen molar-refractivity contribution in [2.75, 3.05) is 26.2 Å². The lowest BCUT2D eigenvalue weighted by Crippen LogP contribution is -2.37. The van der Waals surface area contributed by atoms with Crippen LogP contribution in [-0.4, -0.2) is 53.2 Å². The topological polar surface area (TPSA) is 65.5 Å². The Hall–Kier alpha value is -1.98. The molecule has 0 saturated carbocycles. The number of benzene rings is 1.